The summed E-state index contributed by atoms with van der Waals surface area (Å²) in [5.74, 6) is -1.48. The van der Waals surface area contributed by atoms with Crippen molar-refractivity contribution in [1.82, 2.24) is 16.0 Å². The van der Waals surface area contributed by atoms with Gasteiger partial charge in [-0.2, -0.15) is 0 Å². The number of hydrogen-bond acceptors (Lipinski definition) is 4. The molecule has 2 rings (SSSR count). The first-order chi connectivity index (χ1) is 13.8. The van der Waals surface area contributed by atoms with Crippen LogP contribution in [0, 0.1) is 0 Å². The number of nitrogens with one attached hydrogen (secondary N) is 3. The number of carbonyl (C=O) groups is 3. The number of carboxylic acids is 1. The monoisotopic (exact) mass is 439 g/mol. The lowest BCUT2D eigenvalue weighted by atomic mass is 10.2. The minimum absolute atomic E-state index is 0.0392. The molecule has 0 radical (unpaired) electrons. The lowest BCUT2D eigenvalue weighted by Crippen LogP contribution is -2.50. The van der Waals surface area contributed by atoms with Crippen LogP contribution in [0.1, 0.15) is 15.9 Å². The highest BCUT2D eigenvalue weighted by Gasteiger charge is 2.24. The van der Waals surface area contributed by atoms with E-state index in [-0.39, 0.29) is 28.7 Å². The Morgan fingerprint density at radius 1 is 1.03 bits per heavy atom. The Bertz CT molecular complexity index is 887. The summed E-state index contributed by atoms with van der Waals surface area (Å²) in [6.45, 7) is -0.171. The Morgan fingerprint density at radius 3 is 2.31 bits per heavy atom. The molecule has 0 saturated carbocycles. The molecule has 0 spiro atoms. The summed E-state index contributed by atoms with van der Waals surface area (Å²) in [4.78, 5) is 35.8. The summed E-state index contributed by atoms with van der Waals surface area (Å²) in [6.07, 6.45) is 0. The summed E-state index contributed by atoms with van der Waals surface area (Å²) in [5, 5.41) is 16.8. The molecule has 0 saturated heterocycles. The summed E-state index contributed by atoms with van der Waals surface area (Å²) in [5.41, 5.74) is 0.712. The molecule has 3 amide bonds. The van der Waals surface area contributed by atoms with Crippen LogP contribution in [0.15, 0.2) is 42.5 Å². The molecule has 0 aromatic heterocycles. The predicted molar refractivity (Wildman–Crippen MR) is 109 cm³/mol. The van der Waals surface area contributed by atoms with E-state index < -0.39 is 23.9 Å². The van der Waals surface area contributed by atoms with Gasteiger partial charge in [0.2, 0.25) is 0 Å². The zero-order chi connectivity index (χ0) is 21.4. The second-order valence-corrected chi connectivity index (χ2v) is 6.65. The van der Waals surface area contributed by atoms with Gasteiger partial charge in [-0.25, -0.2) is 9.59 Å². The Balaban J connectivity index is 1.93. The molecule has 10 heteroatoms. The van der Waals surface area contributed by atoms with E-state index in [9.17, 15) is 19.5 Å². The highest BCUT2D eigenvalue weighted by atomic mass is 35.5. The smallest absolute Gasteiger partial charge is 0.328 e. The lowest BCUT2D eigenvalue weighted by Gasteiger charge is -2.17. The Kier molecular flexibility index (Phi) is 8.11. The zero-order valence-electron chi connectivity index (χ0n) is 15.4. The van der Waals surface area contributed by atoms with Gasteiger partial charge in [-0.05, 0) is 18.2 Å². The van der Waals surface area contributed by atoms with Crippen molar-refractivity contribution in [1.29, 1.82) is 0 Å². The SMILES string of the molecule is COc1ccccc1CNC(=O)NC[C@H](NC(=O)c1c(Cl)cccc1Cl)C(=O)O. The fourth-order valence-corrected chi connectivity index (χ4v) is 3.00. The van der Waals surface area contributed by atoms with Gasteiger partial charge in [0.15, 0.2) is 0 Å². The van der Waals surface area contributed by atoms with Crippen molar-refractivity contribution in [3.8, 4) is 5.75 Å². The lowest BCUT2D eigenvalue weighted by molar-refractivity contribution is -0.139. The number of benzene rings is 2. The third-order valence-electron chi connectivity index (χ3n) is 3.89. The largest absolute Gasteiger partial charge is 0.496 e. The van der Waals surface area contributed by atoms with Gasteiger partial charge in [0.05, 0.1) is 29.3 Å². The number of urea groups is 1. The van der Waals surface area contributed by atoms with Crippen molar-refractivity contribution >= 4 is 41.1 Å². The highest BCUT2D eigenvalue weighted by molar-refractivity contribution is 6.39. The summed E-state index contributed by atoms with van der Waals surface area (Å²) < 4.78 is 5.19. The molecule has 0 heterocycles. The number of carbonyl (C=O) groups excluding carboxylic acids is 2. The Labute approximate surface area is 177 Å². The molecule has 0 fully saturated rings. The number of ether oxygens (including phenoxy) is 1. The second-order valence-electron chi connectivity index (χ2n) is 5.84. The van der Waals surface area contributed by atoms with Crippen molar-refractivity contribution < 1.29 is 24.2 Å². The zero-order valence-corrected chi connectivity index (χ0v) is 16.9. The average Bonchev–Trinajstić information content (AvgIpc) is 2.69. The number of para-hydroxylation sites is 1. The maximum absolute atomic E-state index is 12.3. The molecule has 2 aromatic carbocycles. The van der Waals surface area contributed by atoms with E-state index in [1.165, 1.54) is 19.2 Å². The van der Waals surface area contributed by atoms with Crippen LogP contribution < -0.4 is 20.7 Å². The first kappa shape index (κ1) is 22.3. The quantitative estimate of drug-likeness (QED) is 0.504. The van der Waals surface area contributed by atoms with Crippen LogP contribution in [0.25, 0.3) is 0 Å². The van der Waals surface area contributed by atoms with Gasteiger partial charge in [-0.1, -0.05) is 47.5 Å². The Hall–Kier alpha value is -2.97. The second kappa shape index (κ2) is 10.5. The van der Waals surface area contributed by atoms with E-state index in [0.29, 0.717) is 5.75 Å². The van der Waals surface area contributed by atoms with Crippen LogP contribution in [0.2, 0.25) is 10.0 Å². The predicted octanol–water partition coefficient (Wildman–Crippen LogP) is 2.68. The van der Waals surface area contributed by atoms with Crippen molar-refractivity contribution in [2.45, 2.75) is 12.6 Å². The third-order valence-corrected chi connectivity index (χ3v) is 4.52. The molecule has 29 heavy (non-hydrogen) atoms. The van der Waals surface area contributed by atoms with Crippen LogP contribution >= 0.6 is 23.2 Å². The number of carboxylic acid groups (broad SMARTS) is 1. The first-order valence-electron chi connectivity index (χ1n) is 8.44. The standard InChI is InChI=1S/C19H19Cl2N3O5/c1-29-15-8-3-2-5-11(15)9-22-19(28)23-10-14(18(26)27)24-17(25)16-12(20)6-4-7-13(16)21/h2-8,14H,9-10H2,1H3,(H,24,25)(H,26,27)(H2,22,23,28)/t14-/m0/s1. The number of aliphatic carboxylic acids is 1. The van der Waals surface area contributed by atoms with E-state index in [0.717, 1.165) is 5.56 Å². The molecule has 1 atom stereocenters. The fraction of sp³-hybridized carbons (Fsp3) is 0.211. The van der Waals surface area contributed by atoms with E-state index in [1.54, 1.807) is 30.3 Å². The molecule has 8 nitrogen and oxygen atoms in total. The summed E-state index contributed by atoms with van der Waals surface area (Å²) in [6, 6.07) is 9.63. The number of rotatable bonds is 8. The Morgan fingerprint density at radius 2 is 1.69 bits per heavy atom. The van der Waals surface area contributed by atoms with Gasteiger partial charge in [0.1, 0.15) is 11.8 Å². The van der Waals surface area contributed by atoms with Gasteiger partial charge in [0.25, 0.3) is 5.91 Å². The molecule has 0 aliphatic carbocycles. The molecule has 0 bridgehead atoms. The van der Waals surface area contributed by atoms with Crippen LogP contribution in [0.4, 0.5) is 4.79 Å². The van der Waals surface area contributed by atoms with Gasteiger partial charge in [-0.3, -0.25) is 4.79 Å². The normalized spacial score (nSPS) is 11.3. The molecule has 2 aromatic rings. The number of methoxy groups -OCH3 is 1. The molecule has 154 valence electrons. The molecular weight excluding hydrogens is 421 g/mol. The van der Waals surface area contributed by atoms with Crippen molar-refractivity contribution in [3.63, 3.8) is 0 Å². The van der Waals surface area contributed by atoms with Crippen LogP contribution in [-0.2, 0) is 11.3 Å². The van der Waals surface area contributed by atoms with Gasteiger partial charge in [0, 0.05) is 12.1 Å². The van der Waals surface area contributed by atoms with Gasteiger partial charge in [-0.15, -0.1) is 0 Å². The number of halogens is 2. The van der Waals surface area contributed by atoms with E-state index in [1.807, 2.05) is 0 Å². The summed E-state index contributed by atoms with van der Waals surface area (Å²) in [7, 11) is 1.52. The van der Waals surface area contributed by atoms with Crippen molar-refractivity contribution in [2.75, 3.05) is 13.7 Å². The topological polar surface area (TPSA) is 117 Å². The molecule has 0 unspecified atom stereocenters. The fourth-order valence-electron chi connectivity index (χ4n) is 2.43. The van der Waals surface area contributed by atoms with E-state index >= 15 is 0 Å². The molecule has 4 N–H and O–H groups in total. The maximum Gasteiger partial charge on any atom is 0.328 e. The molecule has 0 aliphatic rings. The summed E-state index contributed by atoms with van der Waals surface area (Å²) >= 11 is 11.9. The number of hydrogen-bond donors (Lipinski definition) is 4. The highest BCUT2D eigenvalue weighted by Crippen LogP contribution is 2.24. The van der Waals surface area contributed by atoms with Crippen LogP contribution in [-0.4, -0.2) is 42.7 Å². The third kappa shape index (κ3) is 6.27. The van der Waals surface area contributed by atoms with Gasteiger partial charge < -0.3 is 25.8 Å². The average molecular weight is 440 g/mol. The molecule has 0 aliphatic heterocycles. The van der Waals surface area contributed by atoms with Crippen LogP contribution in [0.5, 0.6) is 5.75 Å². The van der Waals surface area contributed by atoms with Crippen molar-refractivity contribution in [2.24, 2.45) is 0 Å². The molecular formula is C19H19Cl2N3O5. The minimum Gasteiger partial charge on any atom is -0.496 e. The van der Waals surface area contributed by atoms with Crippen molar-refractivity contribution in [3.05, 3.63) is 63.6 Å². The van der Waals surface area contributed by atoms with Crippen LogP contribution in [0.3, 0.4) is 0 Å². The minimum atomic E-state index is -1.38. The van der Waals surface area contributed by atoms with Gasteiger partial charge >= 0.3 is 12.0 Å². The number of amides is 3. The first-order valence-corrected chi connectivity index (χ1v) is 9.20. The van der Waals surface area contributed by atoms with E-state index in [4.69, 9.17) is 27.9 Å². The maximum atomic E-state index is 12.3. The van der Waals surface area contributed by atoms with E-state index in [2.05, 4.69) is 16.0 Å².